The number of phenolic OH excluding ortho intramolecular Hbond substituents is 2. The molecule has 0 radical (unpaired) electrons. The van der Waals surface area contributed by atoms with Gasteiger partial charge in [0, 0.05) is 60.8 Å². The Morgan fingerprint density at radius 2 is 1.71 bits per heavy atom. The summed E-state index contributed by atoms with van der Waals surface area (Å²) in [6, 6.07) is 17.6. The predicted molar refractivity (Wildman–Crippen MR) is 264 cm³/mol. The minimum Gasteiger partial charge on any atom is -0.508 e. The first-order chi connectivity index (χ1) is 33.6. The van der Waals surface area contributed by atoms with Gasteiger partial charge in [-0.05, 0) is 116 Å². The molecule has 2 aliphatic rings. The Balaban J connectivity index is 0.00000325. The van der Waals surface area contributed by atoms with Gasteiger partial charge in [0.05, 0.1) is 40.3 Å². The maximum Gasteiger partial charge on any atom is 0.506 e. The number of aromatic amines is 1. The number of piperidine rings is 1. The largest absolute Gasteiger partial charge is 0.508 e. The van der Waals surface area contributed by atoms with Crippen LogP contribution in [0, 0.1) is 12.8 Å². The van der Waals surface area contributed by atoms with Gasteiger partial charge >= 0.3 is 17.9 Å². The standard InChI is InChI=1S/C50H52N8O10.C2H6/c1-6-33-35-21-32(8-9-39(35)51-45-37(33)24-57-41(45)19-28(4)38(47(57)62)26-67-50(65)66)68-49(64)54(5)25-44(61)56-16-12-29(13-17-56)11-15-55-18-14-30-20-31(7-10-40(30)55)58-46(52-53-48(58)63)36-22-34(27(2)3)42(59)23-43(36)60;1-2/h7-10,14,18-23,27,29,59-60H,6,11-13,15-17,24-26H2,1-5H3,(H,53,63)(H,65,66);1-2H3. The highest BCUT2D eigenvalue weighted by molar-refractivity contribution is 5.90. The number of nitrogens with zero attached hydrogens (tertiary/aromatic N) is 7. The summed E-state index contributed by atoms with van der Waals surface area (Å²) in [4.78, 5) is 72.2. The van der Waals surface area contributed by atoms with Gasteiger partial charge < -0.3 is 43.7 Å². The molecule has 7 aromatic rings. The maximum atomic E-state index is 13.4. The van der Waals surface area contributed by atoms with Crippen molar-refractivity contribution in [2.75, 3.05) is 26.7 Å². The molecule has 9 rings (SSSR count). The Morgan fingerprint density at radius 3 is 2.43 bits per heavy atom. The Bertz CT molecular complexity index is 3280. The van der Waals surface area contributed by atoms with E-state index in [2.05, 4.69) is 14.8 Å². The number of carbonyl (C=O) groups excluding carboxylic acids is 2. The monoisotopic (exact) mass is 954 g/mol. The van der Waals surface area contributed by atoms with Crippen molar-refractivity contribution in [3.63, 3.8) is 0 Å². The molecule has 70 heavy (non-hydrogen) atoms. The van der Waals surface area contributed by atoms with E-state index in [1.807, 2.05) is 71.1 Å². The van der Waals surface area contributed by atoms with Crippen molar-refractivity contribution in [3.8, 4) is 45.7 Å². The lowest BCUT2D eigenvalue weighted by Crippen LogP contribution is -2.45. The number of hydrogen-bond acceptors (Lipinski definition) is 11. The summed E-state index contributed by atoms with van der Waals surface area (Å²) in [5.74, 6) is 0.513. The van der Waals surface area contributed by atoms with Gasteiger partial charge in [0.2, 0.25) is 5.91 Å². The van der Waals surface area contributed by atoms with E-state index in [0.717, 1.165) is 53.2 Å². The molecule has 3 aromatic carbocycles. The second-order valence-corrected chi connectivity index (χ2v) is 17.9. The molecule has 366 valence electrons. The molecule has 18 nitrogen and oxygen atoms in total. The quantitative estimate of drug-likeness (QED) is 0.0848. The highest BCUT2D eigenvalue weighted by Gasteiger charge is 2.29. The molecule has 2 amide bonds. The first-order valence-electron chi connectivity index (χ1n) is 23.7. The van der Waals surface area contributed by atoms with E-state index in [9.17, 15) is 34.2 Å². The van der Waals surface area contributed by atoms with Crippen LogP contribution in [-0.2, 0) is 35.6 Å². The number of carboxylic acid groups (broad SMARTS) is 1. The molecule has 4 N–H and O–H groups in total. The Labute approximate surface area is 403 Å². The smallest absolute Gasteiger partial charge is 0.506 e. The Morgan fingerprint density at radius 1 is 0.957 bits per heavy atom. The van der Waals surface area contributed by atoms with Crippen LogP contribution in [0.3, 0.4) is 0 Å². The van der Waals surface area contributed by atoms with E-state index in [1.165, 1.54) is 22.6 Å². The Hall–Kier alpha value is -7.89. The third-order valence-electron chi connectivity index (χ3n) is 13.4. The summed E-state index contributed by atoms with van der Waals surface area (Å²) in [5.41, 5.74) is 6.41. The molecule has 0 spiro atoms. The molecular weight excluding hydrogens is 897 g/mol. The summed E-state index contributed by atoms with van der Waals surface area (Å²) in [6.07, 6.45) is 3.06. The van der Waals surface area contributed by atoms with E-state index < -0.39 is 17.9 Å². The van der Waals surface area contributed by atoms with Crippen molar-refractivity contribution in [1.82, 2.24) is 38.7 Å². The third-order valence-corrected chi connectivity index (χ3v) is 13.4. The molecule has 18 heteroatoms. The maximum absolute atomic E-state index is 13.4. The molecule has 0 bridgehead atoms. The first-order valence-corrected chi connectivity index (χ1v) is 23.7. The zero-order valence-corrected chi connectivity index (χ0v) is 40.4. The second kappa shape index (κ2) is 20.0. The predicted octanol–water partition coefficient (Wildman–Crippen LogP) is 8.31. The van der Waals surface area contributed by atoms with Crippen LogP contribution in [0.15, 0.2) is 76.4 Å². The zero-order chi connectivity index (χ0) is 50.1. The van der Waals surface area contributed by atoms with Gasteiger partial charge in [-0.3, -0.25) is 9.59 Å². The number of aromatic hydroxyl groups is 2. The number of ether oxygens (including phenoxy) is 2. The lowest BCUT2D eigenvalue weighted by molar-refractivity contribution is -0.133. The molecule has 6 heterocycles. The van der Waals surface area contributed by atoms with Crippen LogP contribution >= 0.6 is 0 Å². The molecule has 4 aromatic heterocycles. The van der Waals surface area contributed by atoms with Gasteiger partial charge in [-0.15, -0.1) is 0 Å². The first kappa shape index (κ1) is 48.6. The average molecular weight is 955 g/mol. The number of phenols is 2. The van der Waals surface area contributed by atoms with E-state index >= 15 is 0 Å². The fourth-order valence-corrected chi connectivity index (χ4v) is 9.64. The Kier molecular flexibility index (Phi) is 13.9. The van der Waals surface area contributed by atoms with Crippen LogP contribution in [0.5, 0.6) is 17.2 Å². The average Bonchev–Trinajstić information content (AvgIpc) is 4.04. The minimum absolute atomic E-state index is 0.0248. The van der Waals surface area contributed by atoms with Gasteiger partial charge in [-0.25, -0.2) is 29.0 Å². The van der Waals surface area contributed by atoms with Crippen LogP contribution in [0.25, 0.3) is 50.3 Å². The number of nitrogens with one attached hydrogen (secondary N) is 1. The molecule has 0 unspecified atom stereocenters. The van der Waals surface area contributed by atoms with Crippen molar-refractivity contribution >= 4 is 40.0 Å². The highest BCUT2D eigenvalue weighted by atomic mass is 16.7. The number of fused-ring (bicyclic) bond motifs is 5. The topological polar surface area (TPSA) is 227 Å². The second-order valence-electron chi connectivity index (χ2n) is 17.9. The van der Waals surface area contributed by atoms with Crippen LogP contribution in [0.2, 0.25) is 0 Å². The lowest BCUT2D eigenvalue weighted by Gasteiger charge is -2.33. The number of amides is 2. The number of hydrogen-bond donors (Lipinski definition) is 4. The van der Waals surface area contributed by atoms with Crippen LogP contribution < -0.4 is 16.0 Å². The van der Waals surface area contributed by atoms with Gasteiger partial charge in [0.1, 0.15) is 30.4 Å². The van der Waals surface area contributed by atoms with Crippen molar-refractivity contribution in [2.45, 2.75) is 92.8 Å². The minimum atomic E-state index is -1.46. The number of likely N-dealkylation sites (N-methyl/N-ethyl adjacent to an activating group) is 1. The van der Waals surface area contributed by atoms with E-state index in [1.54, 1.807) is 40.7 Å². The van der Waals surface area contributed by atoms with Gasteiger partial charge in [0.15, 0.2) is 5.82 Å². The van der Waals surface area contributed by atoms with Crippen LogP contribution in [-0.4, -0.2) is 98.8 Å². The fraction of sp³-hybridized carbons (Fsp3) is 0.365. The lowest BCUT2D eigenvalue weighted by atomic mass is 9.93. The van der Waals surface area contributed by atoms with E-state index in [0.29, 0.717) is 70.5 Å². The van der Waals surface area contributed by atoms with E-state index in [-0.39, 0.29) is 60.0 Å². The third kappa shape index (κ3) is 9.32. The number of benzene rings is 3. The van der Waals surface area contributed by atoms with E-state index in [4.69, 9.17) is 19.6 Å². The van der Waals surface area contributed by atoms with Crippen LogP contribution in [0.1, 0.15) is 87.6 Å². The van der Waals surface area contributed by atoms with Gasteiger partial charge in [-0.1, -0.05) is 34.6 Å². The number of aromatic nitrogens is 6. The SMILES string of the molecule is CC.CCc1c2c(nc3ccc(OC(=O)N(C)CC(=O)N4CCC(CCn5ccc6cc(-n7c(-c8cc(C(C)C)c(O)cc8O)n[nH]c7=O)ccc65)CC4)cc13)-c1cc(C)c(COC(=O)O)c(=O)n1C2. The molecular formula is C52H58N8O10. The number of aryl methyl sites for hydroxylation is 3. The summed E-state index contributed by atoms with van der Waals surface area (Å²) < 4.78 is 15.7. The zero-order valence-electron chi connectivity index (χ0n) is 40.4. The molecule has 1 fully saturated rings. The molecule has 2 aliphatic heterocycles. The van der Waals surface area contributed by atoms with Crippen molar-refractivity contribution < 1.29 is 39.2 Å². The summed E-state index contributed by atoms with van der Waals surface area (Å²) in [7, 11) is 1.53. The summed E-state index contributed by atoms with van der Waals surface area (Å²) >= 11 is 0. The number of rotatable bonds is 12. The molecule has 0 saturated carbocycles. The summed E-state index contributed by atoms with van der Waals surface area (Å²) in [5, 5.41) is 38.5. The summed E-state index contributed by atoms with van der Waals surface area (Å²) in [6.45, 7) is 13.3. The highest BCUT2D eigenvalue weighted by Crippen LogP contribution is 2.39. The number of likely N-dealkylation sites (tertiary alicyclic amines) is 1. The fourth-order valence-electron chi connectivity index (χ4n) is 9.64. The molecule has 0 atom stereocenters. The normalized spacial score (nSPS) is 13.3. The number of carbonyl (C=O) groups is 3. The van der Waals surface area contributed by atoms with Crippen molar-refractivity contribution in [3.05, 3.63) is 116 Å². The van der Waals surface area contributed by atoms with Gasteiger partial charge in [0.25, 0.3) is 5.56 Å². The number of pyridine rings is 2. The van der Waals surface area contributed by atoms with Crippen LogP contribution in [0.4, 0.5) is 9.59 Å². The molecule has 1 saturated heterocycles. The van der Waals surface area contributed by atoms with Crippen molar-refractivity contribution in [1.29, 1.82) is 0 Å². The number of H-pyrrole nitrogens is 1. The van der Waals surface area contributed by atoms with Crippen molar-refractivity contribution in [2.24, 2.45) is 5.92 Å². The molecule has 0 aliphatic carbocycles. The van der Waals surface area contributed by atoms with Gasteiger partial charge in [-0.2, -0.15) is 5.10 Å².